The first-order chi connectivity index (χ1) is 22.4. The standard InChI is InChI=1S/C36H39BrFN3O5S/c1-5-26(3)39-36(43)33(21-27-9-7-6-8-10-27)40(23-28-13-15-29(38)16-14-28)35(42)24-41(30-17-11-25(2)12-18-30)47(44,45)31-19-20-34(46-4)32(37)22-31/h6-20,22,26,33H,5,21,23-24H2,1-4H3,(H,39,43)/t26-,33-/m0/s1. The number of hydrogen-bond donors (Lipinski definition) is 1. The van der Waals surface area contributed by atoms with Crippen LogP contribution in [0.15, 0.2) is 106 Å². The molecule has 2 amide bonds. The monoisotopic (exact) mass is 723 g/mol. The maximum absolute atomic E-state index is 14.5. The number of aryl methyl sites for hydroxylation is 1. The van der Waals surface area contributed by atoms with Crippen molar-refractivity contribution in [3.8, 4) is 5.75 Å². The van der Waals surface area contributed by atoms with Crippen molar-refractivity contribution >= 4 is 43.5 Å². The minimum atomic E-state index is -4.30. The maximum Gasteiger partial charge on any atom is 0.264 e. The third-order valence-corrected chi connectivity index (χ3v) is 10.2. The first kappa shape index (κ1) is 35.6. The number of nitrogens with zero attached hydrogens (tertiary/aromatic N) is 2. The summed E-state index contributed by atoms with van der Waals surface area (Å²) in [7, 11) is -2.82. The van der Waals surface area contributed by atoms with Crippen LogP contribution >= 0.6 is 15.9 Å². The molecule has 0 aliphatic carbocycles. The van der Waals surface area contributed by atoms with Gasteiger partial charge in [-0.25, -0.2) is 12.8 Å². The summed E-state index contributed by atoms with van der Waals surface area (Å²) in [5, 5.41) is 3.00. The summed E-state index contributed by atoms with van der Waals surface area (Å²) in [5.41, 5.74) is 2.59. The molecule has 0 aromatic heterocycles. The molecule has 0 aliphatic rings. The molecule has 0 saturated carbocycles. The van der Waals surface area contributed by atoms with Crippen LogP contribution in [0.1, 0.15) is 37.0 Å². The van der Waals surface area contributed by atoms with Gasteiger partial charge in [-0.2, -0.15) is 0 Å². The lowest BCUT2D eigenvalue weighted by molar-refractivity contribution is -0.140. The van der Waals surface area contributed by atoms with Crippen molar-refractivity contribution in [2.45, 2.75) is 57.1 Å². The number of ether oxygens (including phenoxy) is 1. The largest absolute Gasteiger partial charge is 0.496 e. The predicted octanol–water partition coefficient (Wildman–Crippen LogP) is 6.66. The normalized spacial score (nSPS) is 12.6. The van der Waals surface area contributed by atoms with Gasteiger partial charge in [0.1, 0.15) is 24.2 Å². The Morgan fingerprint density at radius 3 is 2.19 bits per heavy atom. The quantitative estimate of drug-likeness (QED) is 0.157. The number of amides is 2. The maximum atomic E-state index is 14.5. The number of carbonyl (C=O) groups excluding carboxylic acids is 2. The van der Waals surface area contributed by atoms with Gasteiger partial charge in [0, 0.05) is 19.0 Å². The molecule has 4 rings (SSSR count). The average Bonchev–Trinajstić information content (AvgIpc) is 3.06. The minimum absolute atomic E-state index is 0.0551. The summed E-state index contributed by atoms with van der Waals surface area (Å²) in [4.78, 5) is 29.8. The van der Waals surface area contributed by atoms with Crippen LogP contribution in [-0.2, 0) is 32.6 Å². The van der Waals surface area contributed by atoms with E-state index in [1.54, 1.807) is 36.4 Å². The smallest absolute Gasteiger partial charge is 0.264 e. The van der Waals surface area contributed by atoms with Crippen molar-refractivity contribution < 1.29 is 27.1 Å². The molecule has 4 aromatic carbocycles. The number of carbonyl (C=O) groups is 2. The lowest BCUT2D eigenvalue weighted by Crippen LogP contribution is -2.54. The molecule has 0 unspecified atom stereocenters. The number of rotatable bonds is 14. The van der Waals surface area contributed by atoms with E-state index in [0.717, 1.165) is 15.4 Å². The summed E-state index contributed by atoms with van der Waals surface area (Å²) in [6.45, 7) is 5.05. The predicted molar refractivity (Wildman–Crippen MR) is 185 cm³/mol. The number of methoxy groups -OCH3 is 1. The van der Waals surface area contributed by atoms with Gasteiger partial charge in [-0.15, -0.1) is 0 Å². The second kappa shape index (κ2) is 16.1. The molecular formula is C36H39BrFN3O5S. The first-order valence-electron chi connectivity index (χ1n) is 15.2. The van der Waals surface area contributed by atoms with Crippen molar-refractivity contribution in [2.75, 3.05) is 18.0 Å². The van der Waals surface area contributed by atoms with Crippen LogP contribution in [0.5, 0.6) is 5.75 Å². The van der Waals surface area contributed by atoms with Gasteiger partial charge in [-0.05, 0) is 89.8 Å². The third-order valence-electron chi connectivity index (χ3n) is 7.85. The molecule has 0 saturated heterocycles. The van der Waals surface area contributed by atoms with Crippen molar-refractivity contribution in [1.29, 1.82) is 0 Å². The van der Waals surface area contributed by atoms with Crippen LogP contribution in [0.4, 0.5) is 10.1 Å². The highest BCUT2D eigenvalue weighted by Gasteiger charge is 2.35. The third kappa shape index (κ3) is 9.20. The van der Waals surface area contributed by atoms with Gasteiger partial charge in [0.15, 0.2) is 0 Å². The molecule has 0 fully saturated rings. The lowest BCUT2D eigenvalue weighted by Gasteiger charge is -2.34. The van der Waals surface area contributed by atoms with E-state index in [1.165, 1.54) is 42.3 Å². The first-order valence-corrected chi connectivity index (χ1v) is 17.5. The zero-order chi connectivity index (χ0) is 34.1. The molecule has 2 atom stereocenters. The van der Waals surface area contributed by atoms with E-state index in [2.05, 4.69) is 21.2 Å². The van der Waals surface area contributed by atoms with Crippen molar-refractivity contribution in [3.63, 3.8) is 0 Å². The fourth-order valence-corrected chi connectivity index (χ4v) is 7.09. The van der Waals surface area contributed by atoms with Gasteiger partial charge in [-0.1, -0.05) is 67.1 Å². The Morgan fingerprint density at radius 2 is 1.60 bits per heavy atom. The Hall–Kier alpha value is -4.22. The van der Waals surface area contributed by atoms with E-state index < -0.39 is 34.3 Å². The van der Waals surface area contributed by atoms with E-state index in [9.17, 15) is 22.4 Å². The zero-order valence-electron chi connectivity index (χ0n) is 26.8. The molecule has 47 heavy (non-hydrogen) atoms. The van der Waals surface area contributed by atoms with Crippen LogP contribution in [0.2, 0.25) is 0 Å². The Kier molecular flexibility index (Phi) is 12.2. The van der Waals surface area contributed by atoms with Crippen molar-refractivity contribution in [3.05, 3.63) is 124 Å². The molecule has 0 heterocycles. The average molecular weight is 725 g/mol. The Bertz CT molecular complexity index is 1770. The van der Waals surface area contributed by atoms with Gasteiger partial charge in [0.25, 0.3) is 10.0 Å². The fraction of sp³-hybridized carbons (Fsp3) is 0.278. The number of sulfonamides is 1. The second-order valence-electron chi connectivity index (χ2n) is 11.3. The van der Waals surface area contributed by atoms with Gasteiger partial charge in [0.2, 0.25) is 11.8 Å². The van der Waals surface area contributed by atoms with Crippen LogP contribution in [-0.4, -0.2) is 50.9 Å². The number of hydrogen-bond acceptors (Lipinski definition) is 5. The van der Waals surface area contributed by atoms with Crippen molar-refractivity contribution in [1.82, 2.24) is 10.2 Å². The van der Waals surface area contributed by atoms with Crippen LogP contribution in [0.25, 0.3) is 0 Å². The zero-order valence-corrected chi connectivity index (χ0v) is 29.2. The molecule has 11 heteroatoms. The minimum Gasteiger partial charge on any atom is -0.496 e. The molecule has 248 valence electrons. The van der Waals surface area contributed by atoms with Gasteiger partial charge < -0.3 is 15.0 Å². The Labute approximate surface area is 284 Å². The van der Waals surface area contributed by atoms with E-state index in [1.807, 2.05) is 51.1 Å². The van der Waals surface area contributed by atoms with Crippen molar-refractivity contribution in [2.24, 2.45) is 0 Å². The van der Waals surface area contributed by atoms with E-state index in [4.69, 9.17) is 4.74 Å². The van der Waals surface area contributed by atoms with Gasteiger partial charge in [-0.3, -0.25) is 13.9 Å². The highest BCUT2D eigenvalue weighted by Crippen LogP contribution is 2.31. The summed E-state index contributed by atoms with van der Waals surface area (Å²) < 4.78 is 49.2. The van der Waals surface area contributed by atoms with E-state index in [-0.39, 0.29) is 35.5 Å². The second-order valence-corrected chi connectivity index (χ2v) is 14.0. The Morgan fingerprint density at radius 1 is 0.936 bits per heavy atom. The summed E-state index contributed by atoms with van der Waals surface area (Å²) in [5.74, 6) is -0.971. The number of halogens is 2. The summed E-state index contributed by atoms with van der Waals surface area (Å²) >= 11 is 3.37. The number of benzene rings is 4. The molecule has 0 spiro atoms. The molecule has 1 N–H and O–H groups in total. The molecule has 0 bridgehead atoms. The van der Waals surface area contributed by atoms with Crippen LogP contribution in [0.3, 0.4) is 0 Å². The SMILES string of the molecule is CC[C@H](C)NC(=O)[C@H](Cc1ccccc1)N(Cc1ccc(F)cc1)C(=O)CN(c1ccc(C)cc1)S(=O)(=O)c1ccc(OC)c(Br)c1. The molecule has 8 nitrogen and oxygen atoms in total. The topological polar surface area (TPSA) is 96.0 Å². The van der Waals surface area contributed by atoms with Gasteiger partial charge in [0.05, 0.1) is 22.2 Å². The molecule has 0 aliphatic heterocycles. The molecule has 0 radical (unpaired) electrons. The number of anilines is 1. The van der Waals surface area contributed by atoms with Crippen LogP contribution in [0, 0.1) is 12.7 Å². The van der Waals surface area contributed by atoms with E-state index in [0.29, 0.717) is 22.2 Å². The number of nitrogens with one attached hydrogen (secondary N) is 1. The summed E-state index contributed by atoms with van der Waals surface area (Å²) in [6.07, 6.45) is 0.853. The molecule has 4 aromatic rings. The fourth-order valence-electron chi connectivity index (χ4n) is 4.96. The van der Waals surface area contributed by atoms with Crippen LogP contribution < -0.4 is 14.4 Å². The summed E-state index contributed by atoms with van der Waals surface area (Å²) in [6, 6.07) is 25.0. The molecular weight excluding hydrogens is 685 g/mol. The highest BCUT2D eigenvalue weighted by molar-refractivity contribution is 9.10. The Balaban J connectivity index is 1.81. The lowest BCUT2D eigenvalue weighted by atomic mass is 10.0. The van der Waals surface area contributed by atoms with Gasteiger partial charge >= 0.3 is 0 Å². The van der Waals surface area contributed by atoms with E-state index >= 15 is 0 Å². The highest BCUT2D eigenvalue weighted by atomic mass is 79.9.